The highest BCUT2D eigenvalue weighted by Gasteiger charge is 2.31. The van der Waals surface area contributed by atoms with Gasteiger partial charge in [-0.15, -0.1) is 0 Å². The van der Waals surface area contributed by atoms with E-state index in [1.54, 1.807) is 11.9 Å². The van der Waals surface area contributed by atoms with Crippen LogP contribution in [0.2, 0.25) is 0 Å². The van der Waals surface area contributed by atoms with Crippen LogP contribution in [0.4, 0.5) is 13.2 Å². The highest BCUT2D eigenvalue weighted by molar-refractivity contribution is 5.75. The predicted octanol–water partition coefficient (Wildman–Crippen LogP) is 2.97. The third-order valence-corrected chi connectivity index (χ3v) is 4.30. The van der Waals surface area contributed by atoms with E-state index in [0.717, 1.165) is 17.7 Å². The van der Waals surface area contributed by atoms with Gasteiger partial charge in [-0.1, -0.05) is 0 Å². The maximum absolute atomic E-state index is 13.5. The number of hydrogen-bond donors (Lipinski definition) is 0. The highest BCUT2D eigenvalue weighted by Crippen LogP contribution is 2.36. The maximum Gasteiger partial charge on any atom is 0.220 e. The lowest BCUT2D eigenvalue weighted by atomic mass is 9.95. The van der Waals surface area contributed by atoms with E-state index < -0.39 is 17.5 Å². The summed E-state index contributed by atoms with van der Waals surface area (Å²) in [5.41, 5.74) is 2.32. The molecule has 0 spiro atoms. The van der Waals surface area contributed by atoms with E-state index in [9.17, 15) is 18.0 Å². The Hall–Kier alpha value is -2.31. The first-order chi connectivity index (χ1) is 10.8. The molecule has 1 aromatic carbocycles. The zero-order valence-corrected chi connectivity index (χ0v) is 13.0. The summed E-state index contributed by atoms with van der Waals surface area (Å²) in [6, 6.07) is 1.72. The number of aromatic nitrogens is 2. The molecule has 122 valence electrons. The van der Waals surface area contributed by atoms with Gasteiger partial charge < -0.3 is 4.90 Å². The van der Waals surface area contributed by atoms with Crippen molar-refractivity contribution in [2.24, 2.45) is 7.05 Å². The molecule has 0 N–H and O–H groups in total. The normalized spacial score (nSPS) is 17.3. The Bertz CT molecular complexity index is 777. The molecule has 3 rings (SSSR count). The fraction of sp³-hybridized carbons (Fsp3) is 0.375. The number of rotatable bonds is 1. The van der Waals surface area contributed by atoms with Crippen molar-refractivity contribution in [2.75, 3.05) is 6.54 Å². The van der Waals surface area contributed by atoms with Crippen molar-refractivity contribution < 1.29 is 18.0 Å². The molecule has 1 aromatic heterocycles. The number of hydrogen-bond acceptors (Lipinski definition) is 2. The monoisotopic (exact) mass is 323 g/mol. The summed E-state index contributed by atoms with van der Waals surface area (Å²) >= 11 is 0. The molecule has 0 saturated carbocycles. The molecule has 0 bridgehead atoms. The molecule has 4 nitrogen and oxygen atoms in total. The number of carbonyl (C=O) groups excluding carboxylic acids is 1. The van der Waals surface area contributed by atoms with Crippen molar-refractivity contribution in [1.29, 1.82) is 0 Å². The first-order valence-corrected chi connectivity index (χ1v) is 7.29. The Kier molecular flexibility index (Phi) is 3.66. The smallest absolute Gasteiger partial charge is 0.220 e. The predicted molar refractivity (Wildman–Crippen MR) is 78.0 cm³/mol. The number of nitrogens with zero attached hydrogens (tertiary/aromatic N) is 3. The fourth-order valence-corrected chi connectivity index (χ4v) is 3.23. The van der Waals surface area contributed by atoms with E-state index in [1.807, 2.05) is 6.92 Å². The molecular weight excluding hydrogens is 307 g/mol. The van der Waals surface area contributed by atoms with E-state index in [4.69, 9.17) is 0 Å². The van der Waals surface area contributed by atoms with Gasteiger partial charge in [0.1, 0.15) is 0 Å². The summed E-state index contributed by atoms with van der Waals surface area (Å²) in [6.45, 7) is 3.87. The third-order valence-electron chi connectivity index (χ3n) is 4.30. The molecule has 0 saturated heterocycles. The lowest BCUT2D eigenvalue weighted by Crippen LogP contribution is -2.37. The molecular formula is C16H16F3N3O. The molecule has 1 atom stereocenters. The van der Waals surface area contributed by atoms with Gasteiger partial charge in [0, 0.05) is 31.6 Å². The molecule has 23 heavy (non-hydrogen) atoms. The Morgan fingerprint density at radius 3 is 2.43 bits per heavy atom. The van der Waals surface area contributed by atoms with Gasteiger partial charge in [0.25, 0.3) is 0 Å². The molecule has 1 amide bonds. The van der Waals surface area contributed by atoms with Crippen LogP contribution in [-0.2, 0) is 18.3 Å². The van der Waals surface area contributed by atoms with E-state index in [1.165, 1.54) is 11.6 Å². The van der Waals surface area contributed by atoms with Crippen LogP contribution in [0.5, 0.6) is 0 Å². The molecule has 7 heteroatoms. The minimum absolute atomic E-state index is 0.0470. The molecule has 1 aliphatic rings. The van der Waals surface area contributed by atoms with E-state index in [-0.39, 0.29) is 17.5 Å². The van der Waals surface area contributed by atoms with Crippen molar-refractivity contribution in [1.82, 2.24) is 14.7 Å². The number of halogens is 3. The Morgan fingerprint density at radius 2 is 1.87 bits per heavy atom. The summed E-state index contributed by atoms with van der Waals surface area (Å²) in [4.78, 5) is 13.4. The van der Waals surface area contributed by atoms with Crippen LogP contribution in [0.25, 0.3) is 11.3 Å². The Morgan fingerprint density at radius 1 is 1.26 bits per heavy atom. The van der Waals surface area contributed by atoms with Crippen molar-refractivity contribution in [3.63, 3.8) is 0 Å². The number of benzene rings is 1. The summed E-state index contributed by atoms with van der Waals surface area (Å²) < 4.78 is 41.8. The molecule has 0 radical (unpaired) electrons. The van der Waals surface area contributed by atoms with Crippen molar-refractivity contribution in [2.45, 2.75) is 26.3 Å². The summed E-state index contributed by atoms with van der Waals surface area (Å²) in [5.74, 6) is -4.00. The van der Waals surface area contributed by atoms with Crippen molar-refractivity contribution in [3.05, 3.63) is 40.8 Å². The minimum atomic E-state index is -1.49. The summed E-state index contributed by atoms with van der Waals surface area (Å²) in [5, 5.41) is 4.41. The van der Waals surface area contributed by atoms with Gasteiger partial charge >= 0.3 is 0 Å². The van der Waals surface area contributed by atoms with E-state index in [2.05, 4.69) is 5.10 Å². The molecule has 0 fully saturated rings. The lowest BCUT2D eigenvalue weighted by molar-refractivity contribution is -0.131. The van der Waals surface area contributed by atoms with Crippen molar-refractivity contribution >= 4 is 5.91 Å². The van der Waals surface area contributed by atoms with Crippen LogP contribution >= 0.6 is 0 Å². The number of aryl methyl sites for hydroxylation is 1. The second kappa shape index (κ2) is 5.40. The SMILES string of the molecule is CC(=O)N1CCc2c(nn(C)c2-c2cc(F)c(F)c(F)c2)[C@@H]1C. The van der Waals surface area contributed by atoms with Gasteiger partial charge in [-0.3, -0.25) is 9.48 Å². The number of carbonyl (C=O) groups is 1. The quantitative estimate of drug-likeness (QED) is 0.757. The highest BCUT2D eigenvalue weighted by atomic mass is 19.2. The first kappa shape index (κ1) is 15.6. The van der Waals surface area contributed by atoms with Crippen LogP contribution in [0, 0.1) is 17.5 Å². The van der Waals surface area contributed by atoms with E-state index >= 15 is 0 Å². The molecule has 2 aromatic rings. The molecule has 2 heterocycles. The molecule has 1 aliphatic heterocycles. The zero-order valence-electron chi connectivity index (χ0n) is 13.0. The maximum atomic E-state index is 13.5. The van der Waals surface area contributed by atoms with Crippen LogP contribution in [-0.4, -0.2) is 27.1 Å². The fourth-order valence-electron chi connectivity index (χ4n) is 3.23. The Labute approximate surface area is 131 Å². The van der Waals surface area contributed by atoms with Gasteiger partial charge in [-0.05, 0) is 25.5 Å². The zero-order chi connectivity index (χ0) is 16.9. The lowest BCUT2D eigenvalue weighted by Gasteiger charge is -2.32. The van der Waals surface area contributed by atoms with E-state index in [0.29, 0.717) is 24.4 Å². The van der Waals surface area contributed by atoms with Gasteiger partial charge in [0.2, 0.25) is 5.91 Å². The van der Waals surface area contributed by atoms with Gasteiger partial charge in [-0.2, -0.15) is 5.10 Å². The van der Waals surface area contributed by atoms with Crippen LogP contribution in [0.3, 0.4) is 0 Å². The van der Waals surface area contributed by atoms with Crippen LogP contribution < -0.4 is 0 Å². The summed E-state index contributed by atoms with van der Waals surface area (Å²) in [7, 11) is 1.66. The van der Waals surface area contributed by atoms with Gasteiger partial charge in [0.05, 0.1) is 17.4 Å². The van der Waals surface area contributed by atoms with Crippen LogP contribution in [0.1, 0.15) is 31.1 Å². The summed E-state index contributed by atoms with van der Waals surface area (Å²) in [6.07, 6.45) is 0.531. The van der Waals surface area contributed by atoms with Crippen molar-refractivity contribution in [3.8, 4) is 11.3 Å². The molecule has 0 aliphatic carbocycles. The first-order valence-electron chi connectivity index (χ1n) is 7.29. The Balaban J connectivity index is 2.14. The standard InChI is InChI=1S/C16H16F3N3O/c1-8-15-11(4-5-22(8)9(2)23)16(21(3)20-15)10-6-12(17)14(19)13(18)7-10/h6-8H,4-5H2,1-3H3/t8-/m0/s1. The topological polar surface area (TPSA) is 38.1 Å². The number of fused-ring (bicyclic) bond motifs is 1. The molecule has 0 unspecified atom stereocenters. The van der Waals surface area contributed by atoms with Gasteiger partial charge in [-0.25, -0.2) is 13.2 Å². The second-order valence-electron chi connectivity index (χ2n) is 5.73. The van der Waals surface area contributed by atoms with Crippen LogP contribution in [0.15, 0.2) is 12.1 Å². The second-order valence-corrected chi connectivity index (χ2v) is 5.73. The average molecular weight is 323 g/mol. The van der Waals surface area contributed by atoms with Gasteiger partial charge in [0.15, 0.2) is 17.5 Å². The number of amides is 1. The average Bonchev–Trinajstić information content (AvgIpc) is 2.81. The minimum Gasteiger partial charge on any atom is -0.334 e. The third kappa shape index (κ3) is 2.40. The largest absolute Gasteiger partial charge is 0.334 e.